The third-order valence-electron chi connectivity index (χ3n) is 3.76. The molecule has 0 heterocycles. The minimum Gasteiger partial charge on any atom is -0.548 e. The molecule has 0 saturated carbocycles. The number of unbranched alkanes of at least 4 members (excludes halogenated alkanes) is 8. The first kappa shape index (κ1) is 25.6. The van der Waals surface area contributed by atoms with Crippen LogP contribution >= 0.6 is 0 Å². The molecule has 1 N–H and O–H groups in total. The van der Waals surface area contributed by atoms with Crippen molar-refractivity contribution in [1.29, 1.82) is 0 Å². The first-order valence-electron chi connectivity index (χ1n) is 8.66. The van der Waals surface area contributed by atoms with Crippen molar-refractivity contribution in [3.8, 4) is 0 Å². The van der Waals surface area contributed by atoms with Crippen LogP contribution in [0.3, 0.4) is 0 Å². The Hall–Kier alpha value is -0.590. The maximum atomic E-state index is 11.9. The van der Waals surface area contributed by atoms with E-state index in [9.17, 15) is 19.5 Å². The summed E-state index contributed by atoms with van der Waals surface area (Å²) in [5, 5.41) is 19.3. The van der Waals surface area contributed by atoms with E-state index in [1.165, 1.54) is 38.5 Å². The number of nitrogens with zero attached hydrogens (tertiary/aromatic N) is 1. The molecular formula is C17H30NNaO5. The molecule has 0 aliphatic rings. The number of hydrogen-bond donors (Lipinski definition) is 1. The smallest absolute Gasteiger partial charge is 0.548 e. The molecule has 134 valence electrons. The Morgan fingerprint density at radius 2 is 1.38 bits per heavy atom. The van der Waals surface area contributed by atoms with E-state index in [-0.39, 0.29) is 54.9 Å². The molecule has 7 heteroatoms. The molecule has 0 aliphatic carbocycles. The fraction of sp³-hybridized carbons (Fsp3) is 0.824. The first-order valence-corrected chi connectivity index (χ1v) is 8.66. The van der Waals surface area contributed by atoms with Gasteiger partial charge in [-0.05, 0) is 6.42 Å². The number of carboxylic acid groups (broad SMARTS) is 2. The van der Waals surface area contributed by atoms with Crippen LogP contribution in [-0.2, 0) is 14.4 Å². The SMILES string of the molecule is CCCCCCCCCCCC(=O)N(CCC(=O)O)CC(=O)[O-].[Na+]. The molecule has 0 aliphatic heterocycles. The average Bonchev–Trinajstić information content (AvgIpc) is 2.49. The predicted molar refractivity (Wildman–Crippen MR) is 85.7 cm³/mol. The van der Waals surface area contributed by atoms with E-state index in [4.69, 9.17) is 5.11 Å². The summed E-state index contributed by atoms with van der Waals surface area (Å²) in [7, 11) is 0. The van der Waals surface area contributed by atoms with Gasteiger partial charge in [-0.3, -0.25) is 9.59 Å². The predicted octanol–water partition coefficient (Wildman–Crippen LogP) is -1.04. The number of carbonyl (C=O) groups is 3. The molecule has 0 aromatic rings. The van der Waals surface area contributed by atoms with Crippen LogP contribution < -0.4 is 34.7 Å². The summed E-state index contributed by atoms with van der Waals surface area (Å²) in [6.45, 7) is 1.57. The van der Waals surface area contributed by atoms with Crippen molar-refractivity contribution in [2.75, 3.05) is 13.1 Å². The summed E-state index contributed by atoms with van der Waals surface area (Å²) in [6, 6.07) is 0. The molecule has 0 radical (unpaired) electrons. The van der Waals surface area contributed by atoms with Crippen molar-refractivity contribution in [3.63, 3.8) is 0 Å². The van der Waals surface area contributed by atoms with E-state index < -0.39 is 18.5 Å². The van der Waals surface area contributed by atoms with E-state index in [1.807, 2.05) is 0 Å². The minimum absolute atomic E-state index is 0. The Labute approximate surface area is 167 Å². The van der Waals surface area contributed by atoms with Gasteiger partial charge in [0.25, 0.3) is 0 Å². The van der Waals surface area contributed by atoms with Gasteiger partial charge in [0.05, 0.1) is 18.9 Å². The van der Waals surface area contributed by atoms with E-state index >= 15 is 0 Å². The molecule has 24 heavy (non-hydrogen) atoms. The van der Waals surface area contributed by atoms with Gasteiger partial charge in [0, 0.05) is 13.0 Å². The van der Waals surface area contributed by atoms with Gasteiger partial charge in [0.15, 0.2) is 0 Å². The molecule has 0 rings (SSSR count). The van der Waals surface area contributed by atoms with Crippen molar-refractivity contribution >= 4 is 17.8 Å². The molecule has 6 nitrogen and oxygen atoms in total. The Bertz CT molecular complexity index is 363. The van der Waals surface area contributed by atoms with Crippen molar-refractivity contribution < 1.29 is 54.2 Å². The zero-order valence-electron chi connectivity index (χ0n) is 15.2. The van der Waals surface area contributed by atoms with Crippen molar-refractivity contribution in [2.45, 2.75) is 77.6 Å². The van der Waals surface area contributed by atoms with Crippen LogP contribution in [0.4, 0.5) is 0 Å². The Morgan fingerprint density at radius 3 is 1.83 bits per heavy atom. The second kappa shape index (κ2) is 17.2. The first-order chi connectivity index (χ1) is 11.0. The Kier molecular flexibility index (Phi) is 18.4. The minimum atomic E-state index is -1.36. The van der Waals surface area contributed by atoms with Crippen LogP contribution in [0.5, 0.6) is 0 Å². The summed E-state index contributed by atoms with van der Waals surface area (Å²) in [4.78, 5) is 34.2. The van der Waals surface area contributed by atoms with Crippen LogP contribution in [0.25, 0.3) is 0 Å². The number of carboxylic acids is 2. The molecule has 0 aromatic heterocycles. The Balaban J connectivity index is 0. The third-order valence-corrected chi connectivity index (χ3v) is 3.76. The number of hydrogen-bond acceptors (Lipinski definition) is 4. The monoisotopic (exact) mass is 351 g/mol. The van der Waals surface area contributed by atoms with E-state index in [0.29, 0.717) is 6.42 Å². The molecule has 0 saturated heterocycles. The normalized spacial score (nSPS) is 10.0. The second-order valence-corrected chi connectivity index (χ2v) is 5.91. The van der Waals surface area contributed by atoms with Gasteiger partial charge in [-0.25, -0.2) is 0 Å². The van der Waals surface area contributed by atoms with Crippen molar-refractivity contribution in [1.82, 2.24) is 4.90 Å². The standard InChI is InChI=1S/C17H31NO5.Na/c1-2-3-4-5-6-7-8-9-10-11-15(19)18(14-17(22)23)13-12-16(20)21;/h2-14H2,1H3,(H,20,21)(H,22,23);/q;+1/p-1. The van der Waals surface area contributed by atoms with Gasteiger partial charge in [-0.15, -0.1) is 0 Å². The molecule has 1 amide bonds. The summed E-state index contributed by atoms with van der Waals surface area (Å²) < 4.78 is 0. The topological polar surface area (TPSA) is 97.7 Å². The van der Waals surface area contributed by atoms with Gasteiger partial charge in [0.1, 0.15) is 0 Å². The molecule has 0 bridgehead atoms. The van der Waals surface area contributed by atoms with E-state index in [1.54, 1.807) is 0 Å². The van der Waals surface area contributed by atoms with E-state index in [0.717, 1.165) is 17.7 Å². The summed E-state index contributed by atoms with van der Waals surface area (Å²) >= 11 is 0. The summed E-state index contributed by atoms with van der Waals surface area (Å²) in [6.07, 6.45) is 10.2. The second-order valence-electron chi connectivity index (χ2n) is 5.91. The van der Waals surface area contributed by atoms with Crippen molar-refractivity contribution in [2.24, 2.45) is 0 Å². The fourth-order valence-corrected chi connectivity index (χ4v) is 2.42. The van der Waals surface area contributed by atoms with Gasteiger partial charge in [-0.2, -0.15) is 0 Å². The maximum Gasteiger partial charge on any atom is 1.00 e. The number of amides is 1. The molecule has 0 spiro atoms. The van der Waals surface area contributed by atoms with Crippen LogP contribution in [-0.4, -0.2) is 40.9 Å². The van der Waals surface area contributed by atoms with Gasteiger partial charge in [0.2, 0.25) is 5.91 Å². The van der Waals surface area contributed by atoms with E-state index in [2.05, 4.69) is 6.92 Å². The van der Waals surface area contributed by atoms with Gasteiger partial charge >= 0.3 is 35.5 Å². The quantitative estimate of drug-likeness (QED) is 0.300. The molecular weight excluding hydrogens is 321 g/mol. The molecule has 0 unspecified atom stereocenters. The van der Waals surface area contributed by atoms with Crippen LogP contribution in [0.1, 0.15) is 77.6 Å². The summed E-state index contributed by atoms with van der Waals surface area (Å²) in [5.74, 6) is -2.72. The van der Waals surface area contributed by atoms with Gasteiger partial charge in [-0.1, -0.05) is 58.3 Å². The fourth-order valence-electron chi connectivity index (χ4n) is 2.42. The molecule has 0 atom stereocenters. The zero-order chi connectivity index (χ0) is 17.5. The number of carbonyl (C=O) groups excluding carboxylic acids is 2. The average molecular weight is 351 g/mol. The maximum absolute atomic E-state index is 11.9. The third kappa shape index (κ3) is 16.3. The van der Waals surface area contributed by atoms with Crippen LogP contribution in [0.2, 0.25) is 0 Å². The zero-order valence-corrected chi connectivity index (χ0v) is 17.2. The van der Waals surface area contributed by atoms with Crippen molar-refractivity contribution in [3.05, 3.63) is 0 Å². The number of aliphatic carboxylic acids is 2. The Morgan fingerprint density at radius 1 is 0.875 bits per heavy atom. The number of rotatable bonds is 15. The van der Waals surface area contributed by atoms with Gasteiger partial charge < -0.3 is 19.9 Å². The van der Waals surface area contributed by atoms with Crippen LogP contribution in [0, 0.1) is 0 Å². The largest absolute Gasteiger partial charge is 1.00 e. The molecule has 0 fully saturated rings. The van der Waals surface area contributed by atoms with Crippen LogP contribution in [0.15, 0.2) is 0 Å². The molecule has 0 aromatic carbocycles. The summed E-state index contributed by atoms with van der Waals surface area (Å²) in [5.41, 5.74) is 0.